The number of amides is 1. The normalized spacial score (nSPS) is 11.4. The van der Waals surface area contributed by atoms with Gasteiger partial charge in [0.2, 0.25) is 5.91 Å². The van der Waals surface area contributed by atoms with E-state index in [1.54, 1.807) is 6.92 Å². The maximum Gasteiger partial charge on any atom is 0.222 e. The van der Waals surface area contributed by atoms with Crippen molar-refractivity contribution in [3.8, 4) is 0 Å². The molecule has 1 rings (SSSR count). The van der Waals surface area contributed by atoms with Crippen molar-refractivity contribution in [2.75, 3.05) is 26.4 Å². The fourth-order valence-corrected chi connectivity index (χ4v) is 2.65. The lowest BCUT2D eigenvalue weighted by Gasteiger charge is -2.08. The Bertz CT molecular complexity index is 812. The van der Waals surface area contributed by atoms with Gasteiger partial charge in [-0.3, -0.25) is 9.59 Å². The monoisotopic (exact) mass is 551 g/mol. The molecule has 0 aliphatic rings. The first-order valence-corrected chi connectivity index (χ1v) is 13.8. The number of hydrogen-bond donors (Lipinski definition) is 5. The van der Waals surface area contributed by atoms with Crippen molar-refractivity contribution in [1.82, 2.24) is 5.32 Å². The Hall–Kier alpha value is -2.82. The minimum atomic E-state index is -0.0255. The van der Waals surface area contributed by atoms with Gasteiger partial charge in [0.25, 0.3) is 0 Å². The third-order valence-corrected chi connectivity index (χ3v) is 4.99. The Morgan fingerprint density at radius 3 is 1.97 bits per heavy atom. The van der Waals surface area contributed by atoms with Gasteiger partial charge in [-0.05, 0) is 43.6 Å². The summed E-state index contributed by atoms with van der Waals surface area (Å²) in [6.07, 6.45) is 4.13. The van der Waals surface area contributed by atoms with Crippen LogP contribution in [0.25, 0.3) is 0 Å². The minimum absolute atomic E-state index is 0.00116. The van der Waals surface area contributed by atoms with Crippen LogP contribution in [0.4, 0.5) is 0 Å². The van der Waals surface area contributed by atoms with Crippen LogP contribution in [0.3, 0.4) is 0 Å². The first kappa shape index (κ1) is 38.3. The Morgan fingerprint density at radius 2 is 1.51 bits per heavy atom. The molecule has 0 atom stereocenters. The SMILES string of the molecule is C/C(N)=N/N=C(\N)c1ccc(CNC(=O)CCOCCC(C)C)cc1.CC(C)CCO.CCCC(=O)CCO. The number of carbonyl (C=O) groups excluding carboxylic acids is 2. The molecule has 1 aromatic carbocycles. The molecular formula is C29H53N5O5. The number of nitrogens with one attached hydrogen (secondary N) is 1. The van der Waals surface area contributed by atoms with Gasteiger partial charge in [-0.25, -0.2) is 0 Å². The van der Waals surface area contributed by atoms with E-state index in [4.69, 9.17) is 26.4 Å². The van der Waals surface area contributed by atoms with Crippen molar-refractivity contribution in [1.29, 1.82) is 0 Å². The number of rotatable bonds is 16. The maximum atomic E-state index is 11.8. The summed E-state index contributed by atoms with van der Waals surface area (Å²) in [6, 6.07) is 7.43. The van der Waals surface area contributed by atoms with Gasteiger partial charge >= 0.3 is 0 Å². The Kier molecular flexibility index (Phi) is 25.0. The summed E-state index contributed by atoms with van der Waals surface area (Å²) in [5.41, 5.74) is 13.0. The first-order valence-electron chi connectivity index (χ1n) is 13.8. The highest BCUT2D eigenvalue weighted by Gasteiger charge is 2.03. The average Bonchev–Trinajstić information content (AvgIpc) is 2.87. The van der Waals surface area contributed by atoms with Crippen molar-refractivity contribution in [3.63, 3.8) is 0 Å². The molecule has 1 aromatic rings. The number of carbonyl (C=O) groups is 2. The van der Waals surface area contributed by atoms with Crippen LogP contribution in [-0.2, 0) is 20.9 Å². The molecule has 0 aliphatic heterocycles. The second-order valence-corrected chi connectivity index (χ2v) is 9.91. The van der Waals surface area contributed by atoms with E-state index in [0.717, 1.165) is 30.4 Å². The van der Waals surface area contributed by atoms with Gasteiger partial charge in [-0.1, -0.05) is 58.9 Å². The number of aliphatic hydroxyl groups excluding tert-OH is 2. The van der Waals surface area contributed by atoms with Crippen molar-refractivity contribution >= 4 is 23.4 Å². The van der Waals surface area contributed by atoms with E-state index in [1.165, 1.54) is 0 Å². The topological polar surface area (TPSA) is 173 Å². The third-order valence-electron chi connectivity index (χ3n) is 4.99. The third kappa shape index (κ3) is 26.6. The number of hydrogen-bond acceptors (Lipinski definition) is 7. The van der Waals surface area contributed by atoms with Crippen molar-refractivity contribution in [3.05, 3.63) is 35.4 Å². The molecule has 0 bridgehead atoms. The van der Waals surface area contributed by atoms with Gasteiger partial charge in [0.05, 0.1) is 6.61 Å². The number of nitrogens with two attached hydrogens (primary N) is 2. The minimum Gasteiger partial charge on any atom is -0.396 e. The molecule has 0 unspecified atom stereocenters. The van der Waals surface area contributed by atoms with E-state index in [2.05, 4.69) is 43.2 Å². The number of amidine groups is 2. The van der Waals surface area contributed by atoms with Crippen LogP contribution in [0.15, 0.2) is 34.5 Å². The molecule has 0 aromatic heterocycles. The molecule has 0 radical (unpaired) electrons. The predicted molar refractivity (Wildman–Crippen MR) is 159 cm³/mol. The van der Waals surface area contributed by atoms with Crippen molar-refractivity contribution < 1.29 is 24.5 Å². The second kappa shape index (κ2) is 25.5. The Morgan fingerprint density at radius 1 is 0.897 bits per heavy atom. The van der Waals surface area contributed by atoms with Crippen LogP contribution in [0.1, 0.15) is 91.2 Å². The smallest absolute Gasteiger partial charge is 0.222 e. The maximum absolute atomic E-state index is 11.8. The highest BCUT2D eigenvalue weighted by molar-refractivity contribution is 5.97. The Balaban J connectivity index is 0. The first-order chi connectivity index (χ1) is 18.5. The zero-order valence-electron chi connectivity index (χ0n) is 24.9. The number of ether oxygens (including phenoxy) is 1. The quantitative estimate of drug-likeness (QED) is 0.0904. The van der Waals surface area contributed by atoms with E-state index in [9.17, 15) is 9.59 Å². The van der Waals surface area contributed by atoms with Gasteiger partial charge in [0.15, 0.2) is 5.84 Å². The molecule has 0 spiro atoms. The largest absolute Gasteiger partial charge is 0.396 e. The molecule has 7 N–H and O–H groups in total. The van der Waals surface area contributed by atoms with Crippen LogP contribution in [0.5, 0.6) is 0 Å². The highest BCUT2D eigenvalue weighted by atomic mass is 16.5. The van der Waals surface area contributed by atoms with Crippen LogP contribution in [-0.4, -0.2) is 60.0 Å². The summed E-state index contributed by atoms with van der Waals surface area (Å²) in [6.45, 7) is 14.0. The number of nitrogens with zero attached hydrogens (tertiary/aromatic N) is 2. The Labute approximate surface area is 235 Å². The molecular weight excluding hydrogens is 498 g/mol. The van der Waals surface area contributed by atoms with Crippen LogP contribution >= 0.6 is 0 Å². The number of ketones is 1. The number of benzene rings is 1. The van der Waals surface area contributed by atoms with Gasteiger partial charge in [-0.15, -0.1) is 10.2 Å². The number of Topliss-reactive ketones (excluding diaryl/α,β-unsaturated/α-hetero) is 1. The van der Waals surface area contributed by atoms with Gasteiger partial charge in [0.1, 0.15) is 11.6 Å². The van der Waals surface area contributed by atoms with E-state index >= 15 is 0 Å². The van der Waals surface area contributed by atoms with Gasteiger partial charge < -0.3 is 31.7 Å². The summed E-state index contributed by atoms with van der Waals surface area (Å²) in [5.74, 6) is 2.03. The summed E-state index contributed by atoms with van der Waals surface area (Å²) in [4.78, 5) is 22.3. The fraction of sp³-hybridized carbons (Fsp3) is 0.655. The van der Waals surface area contributed by atoms with Crippen molar-refractivity contribution in [2.24, 2.45) is 33.5 Å². The van der Waals surface area contributed by atoms with Crippen molar-refractivity contribution in [2.45, 2.75) is 86.6 Å². The van der Waals surface area contributed by atoms with E-state index in [-0.39, 0.29) is 18.3 Å². The molecule has 0 aliphatic carbocycles. The summed E-state index contributed by atoms with van der Waals surface area (Å²) in [5, 5.41) is 26.9. The van der Waals surface area contributed by atoms with Crippen LogP contribution < -0.4 is 16.8 Å². The molecule has 0 saturated carbocycles. The molecule has 0 heterocycles. The molecule has 0 fully saturated rings. The van der Waals surface area contributed by atoms with E-state index in [0.29, 0.717) is 69.1 Å². The summed E-state index contributed by atoms with van der Waals surface area (Å²) in [7, 11) is 0. The molecule has 1 amide bonds. The highest BCUT2D eigenvalue weighted by Crippen LogP contribution is 2.05. The lowest BCUT2D eigenvalue weighted by atomic mass is 10.1. The second-order valence-electron chi connectivity index (χ2n) is 9.91. The molecule has 39 heavy (non-hydrogen) atoms. The lowest BCUT2D eigenvalue weighted by Crippen LogP contribution is -2.24. The zero-order chi connectivity index (χ0) is 30.1. The van der Waals surface area contributed by atoms with E-state index in [1.807, 2.05) is 31.2 Å². The predicted octanol–water partition coefficient (Wildman–Crippen LogP) is 3.52. The zero-order valence-corrected chi connectivity index (χ0v) is 24.9. The van der Waals surface area contributed by atoms with Gasteiger partial charge in [0, 0.05) is 51.2 Å². The summed E-state index contributed by atoms with van der Waals surface area (Å²) < 4.78 is 5.44. The average molecular weight is 552 g/mol. The van der Waals surface area contributed by atoms with E-state index < -0.39 is 0 Å². The standard InChI is InChI=1S/C18H29N5O2.C6H12O2.C5H12O/c1-13(2)8-10-25-11-9-17(24)21-12-15-4-6-16(7-5-15)18(20)23-22-14(3)19;1-2-3-6(8)4-5-7;1-5(2)3-4-6/h4-7,13H,8-12H2,1-3H3,(H2,19,22)(H2,20,23)(H,21,24);7H,2-5H2,1H3;5-6H,3-4H2,1-2H3. The van der Waals surface area contributed by atoms with Gasteiger partial charge in [-0.2, -0.15) is 0 Å². The lowest BCUT2D eigenvalue weighted by molar-refractivity contribution is -0.122. The molecule has 10 heteroatoms. The molecule has 10 nitrogen and oxygen atoms in total. The molecule has 224 valence electrons. The van der Waals surface area contributed by atoms with Crippen LogP contribution in [0, 0.1) is 11.8 Å². The summed E-state index contributed by atoms with van der Waals surface area (Å²) >= 11 is 0. The fourth-order valence-electron chi connectivity index (χ4n) is 2.65. The van der Waals surface area contributed by atoms with Crippen LogP contribution in [0.2, 0.25) is 0 Å². The molecule has 0 saturated heterocycles. The number of aliphatic hydroxyl groups is 2.